The van der Waals surface area contributed by atoms with Gasteiger partial charge in [0.05, 0.1) is 0 Å². The summed E-state index contributed by atoms with van der Waals surface area (Å²) in [7, 11) is 0. The van der Waals surface area contributed by atoms with Gasteiger partial charge in [-0.3, -0.25) is 9.59 Å². The number of nitrogens with zero attached hydrogens (tertiary/aromatic N) is 2. The van der Waals surface area contributed by atoms with Gasteiger partial charge >= 0.3 is 0 Å². The van der Waals surface area contributed by atoms with Gasteiger partial charge in [-0.05, 0) is 47.2 Å². The first-order valence-electron chi connectivity index (χ1n) is 8.69. The van der Waals surface area contributed by atoms with Crippen molar-refractivity contribution in [1.29, 1.82) is 0 Å². The van der Waals surface area contributed by atoms with Crippen LogP contribution in [0.4, 0.5) is 11.6 Å². The number of amides is 2. The maximum atomic E-state index is 12.7. The Morgan fingerprint density at radius 2 is 1.00 bits per heavy atom. The Hall–Kier alpha value is -4.06. The van der Waals surface area contributed by atoms with Gasteiger partial charge in [-0.25, -0.2) is 9.97 Å². The van der Waals surface area contributed by atoms with Gasteiger partial charge in [0.15, 0.2) is 0 Å². The molecule has 0 unspecified atom stereocenters. The van der Waals surface area contributed by atoms with E-state index in [1.54, 1.807) is 60.9 Å². The van der Waals surface area contributed by atoms with E-state index in [0.29, 0.717) is 33.5 Å². The largest absolute Gasteiger partial charge is 0.307 e. The predicted octanol–water partition coefficient (Wildman–Crippen LogP) is 4.13. The highest BCUT2D eigenvalue weighted by molar-refractivity contribution is 6.18. The number of pyridine rings is 2. The lowest BCUT2D eigenvalue weighted by molar-refractivity contribution is 0.101. The standard InChI is InChI=1S/C22H16N4O2/c27-21(25-19-9-3-5-13-23-19)17-11-12-18(16-8-2-1-7-15(16)17)22(28)26-20-10-4-6-14-24-20/h1-14H,(H,23,25,27)(H,24,26,28). The van der Waals surface area contributed by atoms with Crippen LogP contribution in [0.3, 0.4) is 0 Å². The molecule has 136 valence electrons. The summed E-state index contributed by atoms with van der Waals surface area (Å²) in [6.07, 6.45) is 3.22. The second kappa shape index (κ2) is 7.67. The first kappa shape index (κ1) is 17.4. The number of carbonyl (C=O) groups excluding carboxylic acids is 2. The monoisotopic (exact) mass is 368 g/mol. The van der Waals surface area contributed by atoms with E-state index in [1.807, 2.05) is 24.3 Å². The van der Waals surface area contributed by atoms with Gasteiger partial charge in [-0.2, -0.15) is 0 Å². The summed E-state index contributed by atoms with van der Waals surface area (Å²) in [5.41, 5.74) is 0.936. The molecular weight excluding hydrogens is 352 g/mol. The molecule has 0 spiro atoms. The van der Waals surface area contributed by atoms with Crippen molar-refractivity contribution in [2.75, 3.05) is 10.6 Å². The van der Waals surface area contributed by atoms with Gasteiger partial charge in [0.1, 0.15) is 11.6 Å². The molecule has 2 amide bonds. The minimum atomic E-state index is -0.286. The molecule has 2 heterocycles. The van der Waals surface area contributed by atoms with E-state index in [1.165, 1.54) is 0 Å². The predicted molar refractivity (Wildman–Crippen MR) is 108 cm³/mol. The van der Waals surface area contributed by atoms with E-state index < -0.39 is 0 Å². The first-order chi connectivity index (χ1) is 13.7. The van der Waals surface area contributed by atoms with Crippen LogP contribution >= 0.6 is 0 Å². The Balaban J connectivity index is 1.69. The van der Waals surface area contributed by atoms with E-state index in [2.05, 4.69) is 20.6 Å². The maximum Gasteiger partial charge on any atom is 0.257 e. The molecule has 4 rings (SSSR count). The zero-order valence-electron chi connectivity index (χ0n) is 14.8. The molecule has 28 heavy (non-hydrogen) atoms. The Kier molecular flexibility index (Phi) is 4.76. The Bertz CT molecular complexity index is 1050. The van der Waals surface area contributed by atoms with Gasteiger partial charge in [0.2, 0.25) is 0 Å². The van der Waals surface area contributed by atoms with Crippen molar-refractivity contribution in [3.8, 4) is 0 Å². The third kappa shape index (κ3) is 3.57. The first-order valence-corrected chi connectivity index (χ1v) is 8.69. The molecule has 0 saturated carbocycles. The van der Waals surface area contributed by atoms with Gasteiger partial charge in [0, 0.05) is 23.5 Å². The molecule has 0 saturated heterocycles. The number of anilines is 2. The highest BCUT2D eigenvalue weighted by Gasteiger charge is 2.16. The fourth-order valence-electron chi connectivity index (χ4n) is 2.94. The fraction of sp³-hybridized carbons (Fsp3) is 0. The average molecular weight is 368 g/mol. The van der Waals surface area contributed by atoms with E-state index in [9.17, 15) is 9.59 Å². The molecular formula is C22H16N4O2. The summed E-state index contributed by atoms with van der Waals surface area (Å²) in [6, 6.07) is 21.2. The van der Waals surface area contributed by atoms with E-state index in [-0.39, 0.29) is 11.8 Å². The van der Waals surface area contributed by atoms with E-state index >= 15 is 0 Å². The normalized spacial score (nSPS) is 10.4. The second-order valence-electron chi connectivity index (χ2n) is 6.04. The number of nitrogens with one attached hydrogen (secondary N) is 2. The van der Waals surface area contributed by atoms with Crippen LogP contribution in [0.5, 0.6) is 0 Å². The van der Waals surface area contributed by atoms with Crippen molar-refractivity contribution in [3.63, 3.8) is 0 Å². The Labute approximate surface area is 161 Å². The third-order valence-electron chi connectivity index (χ3n) is 4.23. The van der Waals surface area contributed by atoms with Gasteiger partial charge in [-0.15, -0.1) is 0 Å². The fourth-order valence-corrected chi connectivity index (χ4v) is 2.94. The average Bonchev–Trinajstić information content (AvgIpc) is 2.74. The number of hydrogen-bond acceptors (Lipinski definition) is 4. The van der Waals surface area contributed by atoms with Crippen molar-refractivity contribution in [1.82, 2.24) is 9.97 Å². The molecule has 0 aliphatic heterocycles. The molecule has 6 nitrogen and oxygen atoms in total. The zero-order valence-corrected chi connectivity index (χ0v) is 14.8. The van der Waals surface area contributed by atoms with Crippen molar-refractivity contribution in [3.05, 3.63) is 96.3 Å². The van der Waals surface area contributed by atoms with Crippen molar-refractivity contribution in [2.24, 2.45) is 0 Å². The Morgan fingerprint density at radius 3 is 1.39 bits per heavy atom. The minimum absolute atomic E-state index is 0.286. The quantitative estimate of drug-likeness (QED) is 0.567. The smallest absolute Gasteiger partial charge is 0.257 e. The number of aromatic nitrogens is 2. The summed E-state index contributed by atoms with van der Waals surface area (Å²) in [4.78, 5) is 33.7. The van der Waals surface area contributed by atoms with Crippen LogP contribution in [-0.4, -0.2) is 21.8 Å². The second-order valence-corrected chi connectivity index (χ2v) is 6.04. The van der Waals surface area contributed by atoms with Gasteiger partial charge in [-0.1, -0.05) is 36.4 Å². The summed E-state index contributed by atoms with van der Waals surface area (Å²) < 4.78 is 0. The highest BCUT2D eigenvalue weighted by atomic mass is 16.2. The van der Waals surface area contributed by atoms with E-state index in [0.717, 1.165) is 0 Å². The van der Waals surface area contributed by atoms with Crippen LogP contribution in [0.25, 0.3) is 10.8 Å². The number of carbonyl (C=O) groups is 2. The highest BCUT2D eigenvalue weighted by Crippen LogP contribution is 2.24. The molecule has 0 bridgehead atoms. The SMILES string of the molecule is O=C(Nc1ccccn1)c1ccc(C(=O)Nc2ccccn2)c2ccccc12. The number of fused-ring (bicyclic) bond motifs is 1. The summed E-state index contributed by atoms with van der Waals surface area (Å²) >= 11 is 0. The minimum Gasteiger partial charge on any atom is -0.307 e. The van der Waals surface area contributed by atoms with E-state index in [4.69, 9.17) is 0 Å². The summed E-state index contributed by atoms with van der Waals surface area (Å²) in [6.45, 7) is 0. The van der Waals surface area contributed by atoms with Crippen molar-refractivity contribution < 1.29 is 9.59 Å². The van der Waals surface area contributed by atoms with Crippen LogP contribution in [0.1, 0.15) is 20.7 Å². The molecule has 0 radical (unpaired) electrons. The van der Waals surface area contributed by atoms with Crippen LogP contribution < -0.4 is 10.6 Å². The topological polar surface area (TPSA) is 84.0 Å². The number of hydrogen-bond donors (Lipinski definition) is 2. The number of benzene rings is 2. The van der Waals surface area contributed by atoms with Crippen molar-refractivity contribution in [2.45, 2.75) is 0 Å². The molecule has 0 atom stereocenters. The molecule has 2 aromatic heterocycles. The summed E-state index contributed by atoms with van der Waals surface area (Å²) in [5, 5.41) is 6.93. The molecule has 4 aromatic rings. The molecule has 0 fully saturated rings. The lowest BCUT2D eigenvalue weighted by Crippen LogP contribution is -2.16. The lowest BCUT2D eigenvalue weighted by atomic mass is 9.98. The lowest BCUT2D eigenvalue weighted by Gasteiger charge is -2.11. The van der Waals surface area contributed by atoms with Crippen LogP contribution in [-0.2, 0) is 0 Å². The molecule has 0 aliphatic carbocycles. The van der Waals surface area contributed by atoms with Gasteiger partial charge in [0.25, 0.3) is 11.8 Å². The molecule has 2 aromatic carbocycles. The van der Waals surface area contributed by atoms with Crippen LogP contribution in [0.15, 0.2) is 85.2 Å². The molecule has 0 aliphatic rings. The molecule has 6 heteroatoms. The summed E-state index contributed by atoms with van der Waals surface area (Å²) in [5.74, 6) is 0.361. The zero-order chi connectivity index (χ0) is 19.3. The van der Waals surface area contributed by atoms with Gasteiger partial charge < -0.3 is 10.6 Å². The number of rotatable bonds is 4. The maximum absolute atomic E-state index is 12.7. The Morgan fingerprint density at radius 1 is 0.571 bits per heavy atom. The third-order valence-corrected chi connectivity index (χ3v) is 4.23. The van der Waals surface area contributed by atoms with Crippen LogP contribution in [0, 0.1) is 0 Å². The van der Waals surface area contributed by atoms with Crippen molar-refractivity contribution >= 4 is 34.2 Å². The van der Waals surface area contributed by atoms with Crippen LogP contribution in [0.2, 0.25) is 0 Å². The molecule has 2 N–H and O–H groups in total.